The highest BCUT2D eigenvalue weighted by atomic mass is 35.5. The summed E-state index contributed by atoms with van der Waals surface area (Å²) in [6, 6.07) is 6.88. The molecule has 0 aliphatic carbocycles. The standard InChI is InChI=1S/C15H12ClF3N4/c1-22-9-13(15(17,18)19)21-14(22)10-3-4-11(12(16)7-10)8-23-6-2-5-20-23/h2-7,9H,8H2,1H3. The van der Waals surface area contributed by atoms with Crippen LogP contribution in [0.15, 0.2) is 42.9 Å². The van der Waals surface area contributed by atoms with Gasteiger partial charge in [-0.1, -0.05) is 23.7 Å². The lowest BCUT2D eigenvalue weighted by Crippen LogP contribution is -2.05. The number of hydrogen-bond acceptors (Lipinski definition) is 2. The molecule has 0 bridgehead atoms. The Kier molecular flexibility index (Phi) is 3.89. The fraction of sp³-hybridized carbons (Fsp3) is 0.200. The third-order valence-corrected chi connectivity index (χ3v) is 3.72. The minimum Gasteiger partial charge on any atom is -0.333 e. The van der Waals surface area contributed by atoms with Gasteiger partial charge in [-0.15, -0.1) is 0 Å². The number of benzene rings is 1. The van der Waals surface area contributed by atoms with Gasteiger partial charge in [-0.2, -0.15) is 18.3 Å². The zero-order valence-corrected chi connectivity index (χ0v) is 12.8. The largest absolute Gasteiger partial charge is 0.434 e. The smallest absolute Gasteiger partial charge is 0.333 e. The second kappa shape index (κ2) is 5.73. The molecule has 0 amide bonds. The summed E-state index contributed by atoms with van der Waals surface area (Å²) in [6.07, 6.45) is -0.0475. The van der Waals surface area contributed by atoms with Crippen molar-refractivity contribution in [3.63, 3.8) is 0 Å². The lowest BCUT2D eigenvalue weighted by molar-refractivity contribution is -0.140. The van der Waals surface area contributed by atoms with Crippen LogP contribution in [0, 0.1) is 0 Å². The molecule has 0 aliphatic rings. The molecule has 3 aromatic rings. The second-order valence-electron chi connectivity index (χ2n) is 5.07. The second-order valence-corrected chi connectivity index (χ2v) is 5.48. The maximum absolute atomic E-state index is 12.7. The molecule has 4 nitrogen and oxygen atoms in total. The Labute approximate surface area is 135 Å². The van der Waals surface area contributed by atoms with Crippen LogP contribution in [0.1, 0.15) is 11.3 Å². The van der Waals surface area contributed by atoms with Gasteiger partial charge in [0.1, 0.15) is 5.82 Å². The fourth-order valence-electron chi connectivity index (χ4n) is 2.25. The van der Waals surface area contributed by atoms with Crippen molar-refractivity contribution in [1.29, 1.82) is 0 Å². The van der Waals surface area contributed by atoms with Gasteiger partial charge in [-0.25, -0.2) is 4.98 Å². The molecular formula is C15H12ClF3N4. The number of aryl methyl sites for hydroxylation is 1. The highest BCUT2D eigenvalue weighted by Gasteiger charge is 2.34. The number of aromatic nitrogens is 4. The Balaban J connectivity index is 1.93. The molecule has 0 N–H and O–H groups in total. The summed E-state index contributed by atoms with van der Waals surface area (Å²) in [4.78, 5) is 3.66. The van der Waals surface area contributed by atoms with E-state index in [0.29, 0.717) is 17.1 Å². The molecule has 2 heterocycles. The first kappa shape index (κ1) is 15.6. The van der Waals surface area contributed by atoms with Crippen LogP contribution in [0.2, 0.25) is 5.02 Å². The molecule has 0 spiro atoms. The lowest BCUT2D eigenvalue weighted by atomic mass is 10.1. The van der Waals surface area contributed by atoms with Crippen LogP contribution in [-0.4, -0.2) is 19.3 Å². The van der Waals surface area contributed by atoms with Crippen LogP contribution in [0.25, 0.3) is 11.4 Å². The normalized spacial score (nSPS) is 11.9. The summed E-state index contributed by atoms with van der Waals surface area (Å²) in [6.45, 7) is 0.487. The quantitative estimate of drug-likeness (QED) is 0.722. The third kappa shape index (κ3) is 3.24. The topological polar surface area (TPSA) is 35.6 Å². The maximum atomic E-state index is 12.7. The zero-order valence-electron chi connectivity index (χ0n) is 12.0. The number of nitrogens with zero attached hydrogens (tertiary/aromatic N) is 4. The van der Waals surface area contributed by atoms with Crippen LogP contribution >= 0.6 is 11.6 Å². The van der Waals surface area contributed by atoms with Crippen LogP contribution in [-0.2, 0) is 19.8 Å². The Morgan fingerprint density at radius 2 is 2.04 bits per heavy atom. The molecular weight excluding hydrogens is 329 g/mol. The van der Waals surface area contributed by atoms with Gasteiger partial charge in [-0.05, 0) is 17.7 Å². The lowest BCUT2D eigenvalue weighted by Gasteiger charge is -2.08. The Morgan fingerprint density at radius 1 is 1.26 bits per heavy atom. The first-order chi connectivity index (χ1) is 10.8. The molecule has 8 heteroatoms. The Bertz CT molecular complexity index is 822. The van der Waals surface area contributed by atoms with Crippen molar-refractivity contribution < 1.29 is 13.2 Å². The van der Waals surface area contributed by atoms with Crippen molar-refractivity contribution in [3.05, 3.63) is 59.1 Å². The van der Waals surface area contributed by atoms with Crippen molar-refractivity contribution >= 4 is 11.6 Å². The van der Waals surface area contributed by atoms with Crippen molar-refractivity contribution in [1.82, 2.24) is 19.3 Å². The van der Waals surface area contributed by atoms with Gasteiger partial charge >= 0.3 is 6.18 Å². The molecule has 0 aliphatic heterocycles. The summed E-state index contributed by atoms with van der Waals surface area (Å²) in [5, 5.41) is 4.55. The monoisotopic (exact) mass is 340 g/mol. The minimum absolute atomic E-state index is 0.213. The van der Waals surface area contributed by atoms with E-state index in [1.165, 1.54) is 11.6 Å². The van der Waals surface area contributed by atoms with Gasteiger partial charge in [0.05, 0.1) is 6.54 Å². The highest BCUT2D eigenvalue weighted by Crippen LogP contribution is 2.31. The number of hydrogen-bond donors (Lipinski definition) is 0. The number of halogens is 4. The number of imidazole rings is 1. The van der Waals surface area contributed by atoms with Crippen LogP contribution < -0.4 is 0 Å². The molecule has 2 aromatic heterocycles. The molecule has 23 heavy (non-hydrogen) atoms. The van der Waals surface area contributed by atoms with E-state index in [-0.39, 0.29) is 5.82 Å². The number of alkyl halides is 3. The zero-order chi connectivity index (χ0) is 16.6. The van der Waals surface area contributed by atoms with E-state index in [4.69, 9.17) is 11.6 Å². The van der Waals surface area contributed by atoms with Crippen molar-refractivity contribution in [3.8, 4) is 11.4 Å². The van der Waals surface area contributed by atoms with E-state index in [1.54, 1.807) is 41.3 Å². The maximum Gasteiger partial charge on any atom is 0.434 e. The van der Waals surface area contributed by atoms with E-state index >= 15 is 0 Å². The Morgan fingerprint density at radius 3 is 2.61 bits per heavy atom. The van der Waals surface area contributed by atoms with Crippen molar-refractivity contribution in [2.24, 2.45) is 7.05 Å². The molecule has 0 unspecified atom stereocenters. The summed E-state index contributed by atoms with van der Waals surface area (Å²) in [5.41, 5.74) is 0.424. The van der Waals surface area contributed by atoms with Crippen LogP contribution in [0.3, 0.4) is 0 Å². The van der Waals surface area contributed by atoms with E-state index in [0.717, 1.165) is 11.8 Å². The first-order valence-corrected chi connectivity index (χ1v) is 7.09. The SMILES string of the molecule is Cn1cc(C(F)(F)F)nc1-c1ccc(Cn2cccn2)c(Cl)c1. The molecule has 3 rings (SSSR count). The van der Waals surface area contributed by atoms with E-state index in [9.17, 15) is 13.2 Å². The highest BCUT2D eigenvalue weighted by molar-refractivity contribution is 6.31. The predicted octanol–water partition coefficient (Wildman–Crippen LogP) is 4.00. The summed E-state index contributed by atoms with van der Waals surface area (Å²) >= 11 is 6.24. The van der Waals surface area contributed by atoms with E-state index in [1.807, 2.05) is 0 Å². The average molecular weight is 341 g/mol. The van der Waals surface area contributed by atoms with Gasteiger partial charge in [0.15, 0.2) is 5.69 Å². The summed E-state index contributed by atoms with van der Waals surface area (Å²) in [7, 11) is 1.52. The molecule has 0 saturated carbocycles. The van der Waals surface area contributed by atoms with Gasteiger partial charge < -0.3 is 4.57 Å². The fourth-order valence-corrected chi connectivity index (χ4v) is 2.49. The summed E-state index contributed by atoms with van der Waals surface area (Å²) < 4.78 is 41.3. The first-order valence-electron chi connectivity index (χ1n) is 6.71. The van der Waals surface area contributed by atoms with E-state index < -0.39 is 11.9 Å². The predicted molar refractivity (Wildman–Crippen MR) is 80.0 cm³/mol. The minimum atomic E-state index is -4.47. The van der Waals surface area contributed by atoms with E-state index in [2.05, 4.69) is 10.1 Å². The molecule has 0 radical (unpaired) electrons. The number of rotatable bonds is 3. The van der Waals surface area contributed by atoms with Crippen LogP contribution in [0.5, 0.6) is 0 Å². The van der Waals surface area contributed by atoms with Gasteiger partial charge in [0, 0.05) is 36.2 Å². The molecule has 0 saturated heterocycles. The summed E-state index contributed by atoms with van der Waals surface area (Å²) in [5.74, 6) is 0.213. The van der Waals surface area contributed by atoms with Gasteiger partial charge in [0.25, 0.3) is 0 Å². The van der Waals surface area contributed by atoms with Crippen molar-refractivity contribution in [2.45, 2.75) is 12.7 Å². The average Bonchev–Trinajstić information content (AvgIpc) is 3.10. The molecule has 0 atom stereocenters. The molecule has 0 fully saturated rings. The van der Waals surface area contributed by atoms with Crippen LogP contribution in [0.4, 0.5) is 13.2 Å². The Hall–Kier alpha value is -2.28. The third-order valence-electron chi connectivity index (χ3n) is 3.37. The van der Waals surface area contributed by atoms with Gasteiger partial charge in [0.2, 0.25) is 0 Å². The molecule has 120 valence electrons. The van der Waals surface area contributed by atoms with Gasteiger partial charge in [-0.3, -0.25) is 4.68 Å². The molecule has 1 aromatic carbocycles. The van der Waals surface area contributed by atoms with Crippen molar-refractivity contribution in [2.75, 3.05) is 0 Å².